The molecule has 0 unspecified atom stereocenters. The first-order valence-electron chi connectivity index (χ1n) is 8.75. The second-order valence-corrected chi connectivity index (χ2v) is 10.7. The highest BCUT2D eigenvalue weighted by Crippen LogP contribution is 2.34. The normalized spacial score (nSPS) is 18.9. The lowest BCUT2D eigenvalue weighted by Gasteiger charge is -2.28. The Labute approximate surface area is 165 Å². The van der Waals surface area contributed by atoms with Gasteiger partial charge >= 0.3 is 0 Å². The van der Waals surface area contributed by atoms with Crippen LogP contribution in [0.3, 0.4) is 0 Å². The fraction of sp³-hybridized carbons (Fsp3) is 0.368. The lowest BCUT2D eigenvalue weighted by molar-refractivity contribution is 0.330. The third-order valence-corrected chi connectivity index (χ3v) is 8.44. The molecule has 1 fully saturated rings. The lowest BCUT2D eigenvalue weighted by Crippen LogP contribution is -2.40. The highest BCUT2D eigenvalue weighted by Gasteiger charge is 2.40. The van der Waals surface area contributed by atoms with Gasteiger partial charge in [0.15, 0.2) is 9.84 Å². The zero-order valence-electron chi connectivity index (χ0n) is 15.7. The van der Waals surface area contributed by atoms with Crippen molar-refractivity contribution in [3.05, 3.63) is 54.1 Å². The standard InChI is InChI=1S/C19H23NO6S2/c1-25-17-8-9-19(18(12-17)26-2)28(23,24)20(13-15-6-4-3-5-7-15)16-10-11-27(21,22)14-16/h3-9,12,16H,10-11,13-14H2,1-2H3/t16-/m1/s1. The summed E-state index contributed by atoms with van der Waals surface area (Å²) in [5.74, 6) is 0.419. The zero-order valence-corrected chi connectivity index (χ0v) is 17.4. The number of sulfone groups is 1. The second-order valence-electron chi connectivity index (χ2n) is 6.61. The molecule has 9 heteroatoms. The van der Waals surface area contributed by atoms with Gasteiger partial charge in [-0.2, -0.15) is 4.31 Å². The third kappa shape index (κ3) is 4.31. The van der Waals surface area contributed by atoms with Crippen LogP contribution in [0.15, 0.2) is 53.4 Å². The number of methoxy groups -OCH3 is 2. The van der Waals surface area contributed by atoms with Gasteiger partial charge in [0.25, 0.3) is 0 Å². The zero-order chi connectivity index (χ0) is 20.4. The minimum atomic E-state index is -4.01. The van der Waals surface area contributed by atoms with Crippen molar-refractivity contribution >= 4 is 19.9 Å². The van der Waals surface area contributed by atoms with Gasteiger partial charge < -0.3 is 9.47 Å². The summed E-state index contributed by atoms with van der Waals surface area (Å²) in [6.07, 6.45) is 0.271. The lowest BCUT2D eigenvalue weighted by atomic mass is 10.2. The van der Waals surface area contributed by atoms with Crippen LogP contribution in [0.2, 0.25) is 0 Å². The van der Waals surface area contributed by atoms with E-state index in [0.717, 1.165) is 5.56 Å². The van der Waals surface area contributed by atoms with Crippen molar-refractivity contribution in [1.29, 1.82) is 0 Å². The molecule has 0 amide bonds. The molecule has 28 heavy (non-hydrogen) atoms. The number of rotatable bonds is 7. The Hall–Kier alpha value is -2.10. The van der Waals surface area contributed by atoms with E-state index in [2.05, 4.69) is 0 Å². The molecule has 1 aliphatic heterocycles. The second kappa shape index (κ2) is 8.10. The Balaban J connectivity index is 2.06. The van der Waals surface area contributed by atoms with Crippen molar-refractivity contribution in [2.45, 2.75) is 23.9 Å². The van der Waals surface area contributed by atoms with Crippen molar-refractivity contribution < 1.29 is 26.3 Å². The van der Waals surface area contributed by atoms with E-state index in [4.69, 9.17) is 9.47 Å². The summed E-state index contributed by atoms with van der Waals surface area (Å²) in [7, 11) is -4.41. The molecule has 7 nitrogen and oxygen atoms in total. The van der Waals surface area contributed by atoms with Gasteiger partial charge in [-0.05, 0) is 24.1 Å². The van der Waals surface area contributed by atoms with E-state index in [1.54, 1.807) is 6.07 Å². The molecule has 0 radical (unpaired) electrons. The molecule has 0 bridgehead atoms. The molecule has 0 saturated carbocycles. The quantitative estimate of drug-likeness (QED) is 0.675. The van der Waals surface area contributed by atoms with Crippen LogP contribution in [-0.2, 0) is 26.4 Å². The van der Waals surface area contributed by atoms with E-state index in [-0.39, 0.29) is 35.1 Å². The van der Waals surface area contributed by atoms with Crippen LogP contribution in [0.5, 0.6) is 11.5 Å². The maximum atomic E-state index is 13.5. The first-order chi connectivity index (χ1) is 13.3. The molecule has 0 aromatic heterocycles. The molecule has 2 aromatic carbocycles. The highest BCUT2D eigenvalue weighted by molar-refractivity contribution is 7.92. The Kier molecular flexibility index (Phi) is 5.97. The van der Waals surface area contributed by atoms with Gasteiger partial charge in [0, 0.05) is 18.7 Å². The first-order valence-corrected chi connectivity index (χ1v) is 12.0. The summed E-state index contributed by atoms with van der Waals surface area (Å²) >= 11 is 0. The van der Waals surface area contributed by atoms with Crippen LogP contribution in [0, 0.1) is 0 Å². The molecule has 152 valence electrons. The number of hydrogen-bond acceptors (Lipinski definition) is 6. The van der Waals surface area contributed by atoms with Crippen LogP contribution < -0.4 is 9.47 Å². The molecular formula is C19H23NO6S2. The highest BCUT2D eigenvalue weighted by atomic mass is 32.2. The molecule has 0 N–H and O–H groups in total. The van der Waals surface area contributed by atoms with Crippen LogP contribution in [0.4, 0.5) is 0 Å². The van der Waals surface area contributed by atoms with E-state index < -0.39 is 25.9 Å². The van der Waals surface area contributed by atoms with Crippen molar-refractivity contribution in [1.82, 2.24) is 4.31 Å². The minimum Gasteiger partial charge on any atom is -0.497 e. The summed E-state index contributed by atoms with van der Waals surface area (Å²) < 4.78 is 62.7. The van der Waals surface area contributed by atoms with Crippen molar-refractivity contribution in [3.8, 4) is 11.5 Å². The summed E-state index contributed by atoms with van der Waals surface area (Å²) in [5, 5.41) is 0. The SMILES string of the molecule is COc1ccc(S(=O)(=O)N(Cc2ccccc2)[C@@H]2CCS(=O)(=O)C2)c(OC)c1. The van der Waals surface area contributed by atoms with E-state index in [9.17, 15) is 16.8 Å². The minimum absolute atomic E-state index is 0.0157. The fourth-order valence-corrected chi connectivity index (χ4v) is 6.90. The number of hydrogen-bond donors (Lipinski definition) is 0. The van der Waals surface area contributed by atoms with Gasteiger partial charge in [-0.25, -0.2) is 16.8 Å². The Morgan fingerprint density at radius 3 is 2.36 bits per heavy atom. The molecule has 2 aromatic rings. The first kappa shape index (κ1) is 20.6. The maximum Gasteiger partial charge on any atom is 0.247 e. The smallest absolute Gasteiger partial charge is 0.247 e. The topological polar surface area (TPSA) is 90.0 Å². The van der Waals surface area contributed by atoms with E-state index in [1.165, 1.54) is 30.7 Å². The average molecular weight is 426 g/mol. The van der Waals surface area contributed by atoms with Gasteiger partial charge in [-0.15, -0.1) is 0 Å². The Bertz CT molecular complexity index is 1040. The predicted octanol–water partition coefficient (Wildman–Crippen LogP) is 2.08. The molecule has 1 saturated heterocycles. The van der Waals surface area contributed by atoms with Crippen molar-refractivity contribution in [2.24, 2.45) is 0 Å². The fourth-order valence-electron chi connectivity index (χ4n) is 3.29. The van der Waals surface area contributed by atoms with E-state index >= 15 is 0 Å². The van der Waals surface area contributed by atoms with Crippen molar-refractivity contribution in [2.75, 3.05) is 25.7 Å². The third-order valence-electron chi connectivity index (χ3n) is 4.75. The molecule has 0 spiro atoms. The molecule has 0 aliphatic carbocycles. The van der Waals surface area contributed by atoms with Crippen LogP contribution in [0.25, 0.3) is 0 Å². The molecular weight excluding hydrogens is 402 g/mol. The summed E-state index contributed by atoms with van der Waals surface area (Å²) in [4.78, 5) is -0.0176. The van der Waals surface area contributed by atoms with Gasteiger partial charge in [0.1, 0.15) is 16.4 Å². The summed E-state index contributed by atoms with van der Waals surface area (Å²) in [6.45, 7) is 0.0819. The van der Waals surface area contributed by atoms with Crippen LogP contribution in [0.1, 0.15) is 12.0 Å². The predicted molar refractivity (Wildman–Crippen MR) is 106 cm³/mol. The van der Waals surface area contributed by atoms with Gasteiger partial charge in [-0.1, -0.05) is 30.3 Å². The summed E-state index contributed by atoms with van der Waals surface area (Å²) in [5.41, 5.74) is 0.780. The Morgan fingerprint density at radius 1 is 1.07 bits per heavy atom. The molecule has 1 heterocycles. The van der Waals surface area contributed by atoms with Gasteiger partial charge in [-0.3, -0.25) is 0 Å². The molecule has 3 rings (SSSR count). The molecule has 1 atom stereocenters. The number of ether oxygens (including phenoxy) is 2. The monoisotopic (exact) mass is 425 g/mol. The van der Waals surface area contributed by atoms with E-state index in [1.807, 2.05) is 30.3 Å². The maximum absolute atomic E-state index is 13.5. The van der Waals surface area contributed by atoms with Crippen LogP contribution in [-0.4, -0.2) is 52.9 Å². The molecule has 1 aliphatic rings. The largest absolute Gasteiger partial charge is 0.497 e. The summed E-state index contributed by atoms with van der Waals surface area (Å²) in [6, 6.07) is 13.0. The number of benzene rings is 2. The van der Waals surface area contributed by atoms with Crippen molar-refractivity contribution in [3.63, 3.8) is 0 Å². The number of sulfonamides is 1. The Morgan fingerprint density at radius 2 is 1.79 bits per heavy atom. The van der Waals surface area contributed by atoms with Gasteiger partial charge in [0.05, 0.1) is 25.7 Å². The number of nitrogens with zero attached hydrogens (tertiary/aromatic N) is 1. The van der Waals surface area contributed by atoms with E-state index in [0.29, 0.717) is 5.75 Å². The average Bonchev–Trinajstić information content (AvgIpc) is 3.05. The van der Waals surface area contributed by atoms with Crippen LogP contribution >= 0.6 is 0 Å². The van der Waals surface area contributed by atoms with Gasteiger partial charge in [0.2, 0.25) is 10.0 Å².